The molecule has 0 spiro atoms. The van der Waals surface area contributed by atoms with Crippen LogP contribution < -0.4 is 0 Å². The second kappa shape index (κ2) is 4.47. The summed E-state index contributed by atoms with van der Waals surface area (Å²) in [5.74, 6) is -1.16. The van der Waals surface area contributed by atoms with Crippen molar-refractivity contribution in [1.29, 1.82) is 5.26 Å². The Balaban J connectivity index is 3.27. The lowest BCUT2D eigenvalue weighted by atomic mass is 10.00. The Labute approximate surface area is 87.4 Å². The van der Waals surface area contributed by atoms with Gasteiger partial charge in [0.15, 0.2) is 0 Å². The fourth-order valence-electron chi connectivity index (χ4n) is 1.39. The van der Waals surface area contributed by atoms with Crippen LogP contribution in [0.2, 0.25) is 0 Å². The smallest absolute Gasteiger partial charge is 0.307 e. The van der Waals surface area contributed by atoms with Gasteiger partial charge in [-0.3, -0.25) is 4.79 Å². The van der Waals surface area contributed by atoms with Crippen LogP contribution in [0.4, 0.5) is 0 Å². The van der Waals surface area contributed by atoms with Gasteiger partial charge in [0.05, 0.1) is 12.0 Å². The molecule has 0 aliphatic carbocycles. The average molecular weight is 205 g/mol. The van der Waals surface area contributed by atoms with Crippen molar-refractivity contribution < 1.29 is 15.0 Å². The van der Waals surface area contributed by atoms with E-state index in [1.165, 1.54) is 6.07 Å². The minimum Gasteiger partial charge on any atom is -0.507 e. The van der Waals surface area contributed by atoms with Gasteiger partial charge in [-0.15, -0.1) is 0 Å². The number of aryl methyl sites for hydroxylation is 1. The van der Waals surface area contributed by atoms with Crippen LogP contribution in [0.5, 0.6) is 5.75 Å². The summed E-state index contributed by atoms with van der Waals surface area (Å²) in [6.45, 7) is 1.89. The van der Waals surface area contributed by atoms with Gasteiger partial charge < -0.3 is 10.2 Å². The first kappa shape index (κ1) is 11.1. The molecule has 0 aliphatic heterocycles. The number of nitriles is 1. The number of phenolic OH excluding ortho intramolecular Hbond substituents is 1. The average Bonchev–Trinajstić information content (AvgIpc) is 2.16. The molecule has 1 rings (SSSR count). The van der Waals surface area contributed by atoms with Crippen LogP contribution in [0.1, 0.15) is 23.6 Å². The van der Waals surface area contributed by atoms with Crippen molar-refractivity contribution in [3.8, 4) is 11.8 Å². The molecule has 0 heterocycles. The van der Waals surface area contributed by atoms with Crippen molar-refractivity contribution in [1.82, 2.24) is 0 Å². The molecule has 1 aromatic rings. The zero-order chi connectivity index (χ0) is 11.4. The fraction of sp³-hybridized carbons (Fsp3) is 0.273. The molecule has 0 aromatic heterocycles. The molecule has 0 aliphatic rings. The third-order valence-corrected chi connectivity index (χ3v) is 2.12. The van der Waals surface area contributed by atoms with E-state index in [4.69, 9.17) is 10.4 Å². The molecule has 4 nitrogen and oxygen atoms in total. The molecule has 1 aromatic carbocycles. The van der Waals surface area contributed by atoms with Crippen molar-refractivity contribution in [2.75, 3.05) is 0 Å². The van der Waals surface area contributed by atoms with Crippen LogP contribution in [0, 0.1) is 11.3 Å². The molecule has 4 heteroatoms. The summed E-state index contributed by atoms with van der Waals surface area (Å²) in [6, 6.07) is 4.94. The fourth-order valence-corrected chi connectivity index (χ4v) is 1.39. The van der Waals surface area contributed by atoms with Gasteiger partial charge in [-0.1, -0.05) is 13.0 Å². The predicted octanol–water partition coefficient (Wildman–Crippen LogP) is 1.45. The third kappa shape index (κ3) is 2.47. The van der Waals surface area contributed by atoms with E-state index in [1.807, 2.05) is 13.0 Å². The van der Waals surface area contributed by atoms with Crippen LogP contribution in [-0.2, 0) is 17.6 Å². The van der Waals surface area contributed by atoms with E-state index in [0.717, 1.165) is 5.56 Å². The van der Waals surface area contributed by atoms with Gasteiger partial charge in [-0.05, 0) is 23.6 Å². The highest BCUT2D eigenvalue weighted by Crippen LogP contribution is 2.23. The van der Waals surface area contributed by atoms with Gasteiger partial charge >= 0.3 is 5.97 Å². The van der Waals surface area contributed by atoms with Gasteiger partial charge in [0.2, 0.25) is 0 Å². The Morgan fingerprint density at radius 2 is 2.20 bits per heavy atom. The zero-order valence-corrected chi connectivity index (χ0v) is 8.32. The van der Waals surface area contributed by atoms with E-state index in [2.05, 4.69) is 0 Å². The van der Waals surface area contributed by atoms with Crippen molar-refractivity contribution in [3.05, 3.63) is 28.8 Å². The van der Waals surface area contributed by atoms with Gasteiger partial charge in [-0.25, -0.2) is 0 Å². The lowest BCUT2D eigenvalue weighted by Gasteiger charge is -2.06. The first-order valence-corrected chi connectivity index (χ1v) is 4.55. The topological polar surface area (TPSA) is 81.3 Å². The van der Waals surface area contributed by atoms with Crippen LogP contribution in [0.25, 0.3) is 0 Å². The van der Waals surface area contributed by atoms with E-state index in [-0.39, 0.29) is 17.7 Å². The Hall–Kier alpha value is -2.02. The molecule has 2 N–H and O–H groups in total. The van der Waals surface area contributed by atoms with Crippen LogP contribution in [0.3, 0.4) is 0 Å². The molecule has 0 unspecified atom stereocenters. The molecule has 78 valence electrons. The first-order chi connectivity index (χ1) is 7.08. The van der Waals surface area contributed by atoms with Crippen molar-refractivity contribution in [2.24, 2.45) is 0 Å². The summed E-state index contributed by atoms with van der Waals surface area (Å²) < 4.78 is 0. The van der Waals surface area contributed by atoms with Crippen LogP contribution >= 0.6 is 0 Å². The summed E-state index contributed by atoms with van der Waals surface area (Å²) in [6.07, 6.45) is 0.441. The van der Waals surface area contributed by atoms with Gasteiger partial charge in [0, 0.05) is 0 Å². The van der Waals surface area contributed by atoms with E-state index in [9.17, 15) is 9.90 Å². The number of aromatic hydroxyl groups is 1. The molecular formula is C11H11NO3. The van der Waals surface area contributed by atoms with Crippen LogP contribution in [-0.4, -0.2) is 16.2 Å². The van der Waals surface area contributed by atoms with Crippen molar-refractivity contribution >= 4 is 5.97 Å². The second-order valence-electron chi connectivity index (χ2n) is 3.18. The number of benzene rings is 1. The molecule has 15 heavy (non-hydrogen) atoms. The SMILES string of the molecule is CCc1cc(O)c(C#N)c(CC(=O)O)c1. The van der Waals surface area contributed by atoms with E-state index in [0.29, 0.717) is 12.0 Å². The maximum atomic E-state index is 10.6. The van der Waals surface area contributed by atoms with Gasteiger partial charge in [0.25, 0.3) is 0 Å². The molecule has 0 bridgehead atoms. The number of aliphatic carboxylic acids is 1. The summed E-state index contributed by atoms with van der Waals surface area (Å²) in [5.41, 5.74) is 1.24. The predicted molar refractivity (Wildman–Crippen MR) is 53.5 cm³/mol. The summed E-state index contributed by atoms with van der Waals surface area (Å²) >= 11 is 0. The third-order valence-electron chi connectivity index (χ3n) is 2.12. The summed E-state index contributed by atoms with van der Waals surface area (Å²) in [7, 11) is 0. The maximum absolute atomic E-state index is 10.6. The number of nitrogens with zero attached hydrogens (tertiary/aromatic N) is 1. The van der Waals surface area contributed by atoms with E-state index in [1.54, 1.807) is 6.07 Å². The molecular weight excluding hydrogens is 194 g/mol. The van der Waals surface area contributed by atoms with E-state index >= 15 is 0 Å². The number of carbonyl (C=O) groups is 1. The Morgan fingerprint density at radius 1 is 1.53 bits per heavy atom. The Bertz CT molecular complexity index is 432. The molecule has 0 amide bonds. The van der Waals surface area contributed by atoms with Gasteiger partial charge in [0.1, 0.15) is 11.8 Å². The maximum Gasteiger partial charge on any atom is 0.307 e. The quantitative estimate of drug-likeness (QED) is 0.782. The lowest BCUT2D eigenvalue weighted by Crippen LogP contribution is -2.03. The number of carboxylic acid groups (broad SMARTS) is 1. The number of rotatable bonds is 3. The number of hydrogen-bond donors (Lipinski definition) is 2. The normalized spacial score (nSPS) is 9.60. The largest absolute Gasteiger partial charge is 0.507 e. The second-order valence-corrected chi connectivity index (χ2v) is 3.18. The summed E-state index contributed by atoms with van der Waals surface area (Å²) in [5, 5.41) is 26.9. The number of phenols is 1. The Kier molecular flexibility index (Phi) is 3.29. The Morgan fingerprint density at radius 3 is 2.67 bits per heavy atom. The molecule has 0 saturated heterocycles. The highest BCUT2D eigenvalue weighted by atomic mass is 16.4. The summed E-state index contributed by atoms with van der Waals surface area (Å²) in [4.78, 5) is 10.6. The molecule has 0 saturated carbocycles. The number of hydrogen-bond acceptors (Lipinski definition) is 3. The highest BCUT2D eigenvalue weighted by Gasteiger charge is 2.12. The van der Waals surface area contributed by atoms with Crippen LogP contribution in [0.15, 0.2) is 12.1 Å². The van der Waals surface area contributed by atoms with Crippen molar-refractivity contribution in [2.45, 2.75) is 19.8 Å². The number of carboxylic acids is 1. The highest BCUT2D eigenvalue weighted by molar-refractivity contribution is 5.72. The standard InChI is InChI=1S/C11H11NO3/c1-2-7-3-8(5-11(14)15)9(6-12)10(13)4-7/h3-4,13H,2,5H2,1H3,(H,14,15). The zero-order valence-electron chi connectivity index (χ0n) is 8.32. The minimum atomic E-state index is -1.01. The van der Waals surface area contributed by atoms with Gasteiger partial charge in [-0.2, -0.15) is 5.26 Å². The van der Waals surface area contributed by atoms with E-state index < -0.39 is 5.97 Å². The molecule has 0 fully saturated rings. The molecule has 0 atom stereocenters. The lowest BCUT2D eigenvalue weighted by molar-refractivity contribution is -0.136. The first-order valence-electron chi connectivity index (χ1n) is 4.55. The minimum absolute atomic E-state index is 0.0506. The molecule has 0 radical (unpaired) electrons. The monoisotopic (exact) mass is 205 g/mol. The van der Waals surface area contributed by atoms with Crippen molar-refractivity contribution in [3.63, 3.8) is 0 Å².